The molecule has 0 radical (unpaired) electrons. The second kappa shape index (κ2) is 3.21. The van der Waals surface area contributed by atoms with Crippen molar-refractivity contribution in [2.75, 3.05) is 29.0 Å². The van der Waals surface area contributed by atoms with Crippen LogP contribution in [-0.4, -0.2) is 19.0 Å². The number of nitrogen functional groups attached to an aromatic ring is 1. The number of likely N-dealkylation sites (N-methyl/N-ethyl adjacent to an activating group) is 1. The molecule has 0 saturated heterocycles. The van der Waals surface area contributed by atoms with Gasteiger partial charge in [-0.05, 0) is 25.1 Å². The van der Waals surface area contributed by atoms with Crippen molar-refractivity contribution in [1.82, 2.24) is 0 Å². The van der Waals surface area contributed by atoms with Crippen molar-refractivity contribution in [3.05, 3.63) is 18.2 Å². The van der Waals surface area contributed by atoms with Gasteiger partial charge in [-0.1, -0.05) is 0 Å². The number of amides is 1. The van der Waals surface area contributed by atoms with Gasteiger partial charge in [0.1, 0.15) is 0 Å². The molecule has 4 nitrogen and oxygen atoms in total. The smallest absolute Gasteiger partial charge is 0.243 e. The van der Waals surface area contributed by atoms with E-state index in [0.29, 0.717) is 6.54 Å². The van der Waals surface area contributed by atoms with Crippen LogP contribution < -0.4 is 16.0 Å². The largest absolute Gasteiger partial charge is 0.399 e. The van der Waals surface area contributed by atoms with E-state index in [4.69, 9.17) is 5.73 Å². The highest BCUT2D eigenvalue weighted by molar-refractivity contribution is 6.01. The summed E-state index contributed by atoms with van der Waals surface area (Å²) < 4.78 is 0. The molecule has 0 aliphatic carbocycles. The highest BCUT2D eigenvalue weighted by atomic mass is 16.2. The number of fused-ring (bicyclic) bond motifs is 1. The number of rotatable bonds is 1. The summed E-state index contributed by atoms with van der Waals surface area (Å²) in [6.07, 6.45) is 0. The van der Waals surface area contributed by atoms with Gasteiger partial charge in [0.05, 0.1) is 17.9 Å². The summed E-state index contributed by atoms with van der Waals surface area (Å²) in [7, 11) is 0. The first-order valence-electron chi connectivity index (χ1n) is 4.65. The van der Waals surface area contributed by atoms with Crippen LogP contribution >= 0.6 is 0 Å². The Morgan fingerprint density at radius 1 is 1.57 bits per heavy atom. The van der Waals surface area contributed by atoms with E-state index in [1.54, 1.807) is 6.07 Å². The number of nitrogens with zero attached hydrogens (tertiary/aromatic N) is 1. The molecule has 2 rings (SSSR count). The van der Waals surface area contributed by atoms with Gasteiger partial charge in [0.2, 0.25) is 5.91 Å². The van der Waals surface area contributed by atoms with Crippen LogP contribution in [0.2, 0.25) is 0 Å². The third kappa shape index (κ3) is 1.39. The second-order valence-electron chi connectivity index (χ2n) is 3.34. The van der Waals surface area contributed by atoms with E-state index in [2.05, 4.69) is 5.32 Å². The van der Waals surface area contributed by atoms with Gasteiger partial charge in [-0.25, -0.2) is 0 Å². The molecule has 0 unspecified atom stereocenters. The molecule has 1 aromatic rings. The van der Waals surface area contributed by atoms with Crippen LogP contribution in [0.3, 0.4) is 0 Å². The zero-order chi connectivity index (χ0) is 10.1. The summed E-state index contributed by atoms with van der Waals surface area (Å²) in [5.41, 5.74) is 8.27. The molecular weight excluding hydrogens is 178 g/mol. The molecule has 1 aromatic carbocycles. The van der Waals surface area contributed by atoms with Gasteiger partial charge in [-0.15, -0.1) is 0 Å². The maximum atomic E-state index is 11.3. The fourth-order valence-corrected chi connectivity index (χ4v) is 1.65. The number of nitrogens with two attached hydrogens (primary N) is 1. The first-order valence-corrected chi connectivity index (χ1v) is 4.65. The molecular formula is C10H13N3O. The van der Waals surface area contributed by atoms with Gasteiger partial charge in [-0.3, -0.25) is 4.79 Å². The fourth-order valence-electron chi connectivity index (χ4n) is 1.65. The van der Waals surface area contributed by atoms with Crippen molar-refractivity contribution >= 4 is 23.0 Å². The van der Waals surface area contributed by atoms with Crippen LogP contribution in [0.15, 0.2) is 18.2 Å². The quantitative estimate of drug-likeness (QED) is 0.652. The van der Waals surface area contributed by atoms with E-state index >= 15 is 0 Å². The molecule has 14 heavy (non-hydrogen) atoms. The Hall–Kier alpha value is -1.71. The van der Waals surface area contributed by atoms with E-state index < -0.39 is 0 Å². The minimum absolute atomic E-state index is 0.0316. The van der Waals surface area contributed by atoms with Crippen LogP contribution in [0.4, 0.5) is 17.1 Å². The van der Waals surface area contributed by atoms with Gasteiger partial charge >= 0.3 is 0 Å². The third-order valence-corrected chi connectivity index (χ3v) is 2.35. The predicted molar refractivity (Wildman–Crippen MR) is 57.4 cm³/mol. The van der Waals surface area contributed by atoms with Crippen molar-refractivity contribution in [3.8, 4) is 0 Å². The van der Waals surface area contributed by atoms with Crippen LogP contribution in [0.5, 0.6) is 0 Å². The molecule has 0 atom stereocenters. The highest BCUT2D eigenvalue weighted by Crippen LogP contribution is 2.30. The molecule has 1 heterocycles. The first-order chi connectivity index (χ1) is 6.70. The van der Waals surface area contributed by atoms with Gasteiger partial charge in [0, 0.05) is 12.2 Å². The van der Waals surface area contributed by atoms with Crippen LogP contribution in [0.1, 0.15) is 6.92 Å². The SMILES string of the molecule is CCN1CC(=O)Nc2ccc(N)cc21. The van der Waals surface area contributed by atoms with E-state index in [1.807, 2.05) is 24.0 Å². The predicted octanol–water partition coefficient (Wildman–Crippen LogP) is 1.05. The Kier molecular flexibility index (Phi) is 2.04. The number of carbonyl (C=O) groups excluding carboxylic acids is 1. The Morgan fingerprint density at radius 2 is 2.36 bits per heavy atom. The zero-order valence-electron chi connectivity index (χ0n) is 8.08. The normalized spacial score (nSPS) is 14.9. The van der Waals surface area contributed by atoms with Gasteiger partial charge < -0.3 is 16.0 Å². The minimum atomic E-state index is 0.0316. The Bertz CT molecular complexity index is 376. The molecule has 0 aromatic heterocycles. The number of anilines is 3. The van der Waals surface area contributed by atoms with Crippen molar-refractivity contribution < 1.29 is 4.79 Å². The lowest BCUT2D eigenvalue weighted by Crippen LogP contribution is -2.37. The first kappa shape index (κ1) is 8.87. The average molecular weight is 191 g/mol. The van der Waals surface area contributed by atoms with Crippen molar-refractivity contribution in [3.63, 3.8) is 0 Å². The molecule has 74 valence electrons. The molecule has 4 heteroatoms. The van der Waals surface area contributed by atoms with Gasteiger partial charge in [0.15, 0.2) is 0 Å². The van der Waals surface area contributed by atoms with Crippen molar-refractivity contribution in [2.24, 2.45) is 0 Å². The van der Waals surface area contributed by atoms with Crippen LogP contribution in [0.25, 0.3) is 0 Å². The Morgan fingerprint density at radius 3 is 3.07 bits per heavy atom. The molecule has 0 saturated carbocycles. The van der Waals surface area contributed by atoms with Crippen molar-refractivity contribution in [2.45, 2.75) is 6.92 Å². The molecule has 0 bridgehead atoms. The van der Waals surface area contributed by atoms with E-state index in [1.165, 1.54) is 0 Å². The molecule has 0 fully saturated rings. The van der Waals surface area contributed by atoms with E-state index in [-0.39, 0.29) is 5.91 Å². The summed E-state index contributed by atoms with van der Waals surface area (Å²) in [6.45, 7) is 3.24. The average Bonchev–Trinajstić information content (AvgIpc) is 2.17. The highest BCUT2D eigenvalue weighted by Gasteiger charge is 2.20. The molecule has 1 aliphatic heterocycles. The number of nitrogens with one attached hydrogen (secondary N) is 1. The van der Waals surface area contributed by atoms with Crippen LogP contribution in [-0.2, 0) is 4.79 Å². The molecule has 0 spiro atoms. The van der Waals surface area contributed by atoms with Crippen molar-refractivity contribution in [1.29, 1.82) is 0 Å². The lowest BCUT2D eigenvalue weighted by molar-refractivity contribution is -0.115. The number of benzene rings is 1. The molecule has 3 N–H and O–H groups in total. The van der Waals surface area contributed by atoms with E-state index in [0.717, 1.165) is 23.6 Å². The number of carbonyl (C=O) groups is 1. The van der Waals surface area contributed by atoms with Crippen LogP contribution in [0, 0.1) is 0 Å². The summed E-state index contributed by atoms with van der Waals surface area (Å²) in [5, 5.41) is 2.82. The standard InChI is InChI=1S/C10H13N3O/c1-2-13-6-10(14)12-8-4-3-7(11)5-9(8)13/h3-5H,2,6,11H2,1H3,(H,12,14). The summed E-state index contributed by atoms with van der Waals surface area (Å²) in [5.74, 6) is 0.0316. The lowest BCUT2D eigenvalue weighted by atomic mass is 10.2. The zero-order valence-corrected chi connectivity index (χ0v) is 8.08. The second-order valence-corrected chi connectivity index (χ2v) is 3.34. The lowest BCUT2D eigenvalue weighted by Gasteiger charge is -2.29. The fraction of sp³-hybridized carbons (Fsp3) is 0.300. The van der Waals surface area contributed by atoms with E-state index in [9.17, 15) is 4.79 Å². The minimum Gasteiger partial charge on any atom is -0.399 e. The van der Waals surface area contributed by atoms with Gasteiger partial charge in [-0.2, -0.15) is 0 Å². The summed E-state index contributed by atoms with van der Waals surface area (Å²) in [4.78, 5) is 13.3. The summed E-state index contributed by atoms with van der Waals surface area (Å²) >= 11 is 0. The van der Waals surface area contributed by atoms with Gasteiger partial charge in [0.25, 0.3) is 0 Å². The Balaban J connectivity index is 2.46. The summed E-state index contributed by atoms with van der Waals surface area (Å²) in [6, 6.07) is 5.51. The number of hydrogen-bond acceptors (Lipinski definition) is 3. The molecule has 1 aliphatic rings. The molecule has 1 amide bonds. The topological polar surface area (TPSA) is 58.4 Å². The monoisotopic (exact) mass is 191 g/mol. The third-order valence-electron chi connectivity index (χ3n) is 2.35. The Labute approximate surface area is 82.7 Å². The maximum Gasteiger partial charge on any atom is 0.243 e. The number of hydrogen-bond donors (Lipinski definition) is 2. The maximum absolute atomic E-state index is 11.3.